The van der Waals surface area contributed by atoms with E-state index in [2.05, 4.69) is 25.9 Å². The molecule has 0 unspecified atom stereocenters. The number of amides is 2. The van der Waals surface area contributed by atoms with Gasteiger partial charge in [-0.1, -0.05) is 24.3 Å². The topological polar surface area (TPSA) is 66.4 Å². The molecule has 1 saturated carbocycles. The normalized spacial score (nSPS) is 20.2. The van der Waals surface area contributed by atoms with Crippen LogP contribution in [0.15, 0.2) is 53.4 Å². The number of carbonyl (C=O) groups is 2. The van der Waals surface area contributed by atoms with Crippen molar-refractivity contribution in [1.82, 2.24) is 14.9 Å². The molecule has 0 bridgehead atoms. The van der Waals surface area contributed by atoms with Crippen LogP contribution in [0.4, 0.5) is 18.9 Å². The maximum atomic E-state index is 13.9. The first kappa shape index (κ1) is 23.4. The first-order valence-corrected chi connectivity index (χ1v) is 12.6. The van der Waals surface area contributed by atoms with E-state index in [4.69, 9.17) is 0 Å². The minimum atomic E-state index is -4.54. The number of anilines is 1. The molecule has 36 heavy (non-hydrogen) atoms. The largest absolute Gasteiger partial charge is 0.403 e. The Kier molecular flexibility index (Phi) is 5.19. The highest BCUT2D eigenvalue weighted by Crippen LogP contribution is 2.59. The Labute approximate surface area is 213 Å². The molecule has 3 aromatic rings. The number of nitrogens with zero attached hydrogens (tertiary/aromatic N) is 4. The van der Waals surface area contributed by atoms with Crippen molar-refractivity contribution in [2.75, 3.05) is 18.0 Å². The van der Waals surface area contributed by atoms with E-state index >= 15 is 0 Å². The number of piperidine rings is 1. The van der Waals surface area contributed by atoms with Gasteiger partial charge in [-0.2, -0.15) is 13.2 Å². The van der Waals surface area contributed by atoms with Gasteiger partial charge >= 0.3 is 6.18 Å². The number of likely N-dealkylation sites (tertiary alicyclic amines) is 1. The number of hydrogen-bond acceptors (Lipinski definition) is 4. The summed E-state index contributed by atoms with van der Waals surface area (Å²) < 4.78 is 41.4. The molecular formula is C26H22BrF3N4O2. The van der Waals surface area contributed by atoms with Crippen molar-refractivity contribution >= 4 is 44.2 Å². The third-order valence-electron chi connectivity index (χ3n) is 7.99. The zero-order valence-corrected chi connectivity index (χ0v) is 20.8. The van der Waals surface area contributed by atoms with Gasteiger partial charge in [0.05, 0.1) is 29.5 Å². The molecule has 1 aromatic carbocycles. The molecule has 4 heterocycles. The summed E-state index contributed by atoms with van der Waals surface area (Å²) in [7, 11) is 0. The first-order chi connectivity index (χ1) is 17.2. The van der Waals surface area contributed by atoms with Gasteiger partial charge in [-0.05, 0) is 58.6 Å². The van der Waals surface area contributed by atoms with Gasteiger partial charge in [-0.15, -0.1) is 0 Å². The molecule has 1 saturated heterocycles. The Morgan fingerprint density at radius 3 is 2.47 bits per heavy atom. The highest BCUT2D eigenvalue weighted by molar-refractivity contribution is 9.10. The molecule has 1 spiro atoms. The molecule has 0 N–H and O–H groups in total. The molecule has 3 aliphatic rings. The average molecular weight is 559 g/mol. The predicted molar refractivity (Wildman–Crippen MR) is 130 cm³/mol. The van der Waals surface area contributed by atoms with Gasteiger partial charge in [0.15, 0.2) is 0 Å². The summed E-state index contributed by atoms with van der Waals surface area (Å²) in [6.45, 7) is 0.441. The van der Waals surface area contributed by atoms with Gasteiger partial charge in [-0.25, -0.2) is 0 Å². The monoisotopic (exact) mass is 558 g/mol. The molecule has 6 nitrogen and oxygen atoms in total. The number of halogens is 4. The summed E-state index contributed by atoms with van der Waals surface area (Å²) >= 11 is 3.65. The van der Waals surface area contributed by atoms with Gasteiger partial charge in [0.2, 0.25) is 11.8 Å². The summed E-state index contributed by atoms with van der Waals surface area (Å²) in [6, 6.07) is 9.62. The van der Waals surface area contributed by atoms with Gasteiger partial charge < -0.3 is 9.80 Å². The van der Waals surface area contributed by atoms with Crippen molar-refractivity contribution in [3.05, 3.63) is 64.7 Å². The zero-order valence-electron chi connectivity index (χ0n) is 19.2. The second kappa shape index (κ2) is 7.99. The quantitative estimate of drug-likeness (QED) is 0.446. The lowest BCUT2D eigenvalue weighted by Gasteiger charge is -2.40. The van der Waals surface area contributed by atoms with Crippen LogP contribution in [0.3, 0.4) is 0 Å². The summed E-state index contributed by atoms with van der Waals surface area (Å²) in [5, 5.41) is 1.96. The molecule has 6 rings (SSSR count). The van der Waals surface area contributed by atoms with Crippen molar-refractivity contribution in [3.63, 3.8) is 0 Å². The number of pyridine rings is 2. The smallest absolute Gasteiger partial charge is 0.342 e. The van der Waals surface area contributed by atoms with Crippen LogP contribution >= 0.6 is 15.9 Å². The molecular weight excluding hydrogens is 537 g/mol. The Morgan fingerprint density at radius 2 is 1.78 bits per heavy atom. The summed E-state index contributed by atoms with van der Waals surface area (Å²) in [6.07, 6.45) is 0.722. The minimum absolute atomic E-state index is 0.107. The lowest BCUT2D eigenvalue weighted by Crippen LogP contribution is -2.53. The maximum absolute atomic E-state index is 13.9. The van der Waals surface area contributed by atoms with E-state index in [1.807, 2.05) is 30.3 Å². The molecule has 1 aliphatic carbocycles. The molecule has 0 radical (unpaired) electrons. The van der Waals surface area contributed by atoms with Crippen LogP contribution in [0, 0.1) is 5.41 Å². The maximum Gasteiger partial charge on any atom is 0.403 e. The molecule has 186 valence electrons. The number of hydrogen-bond donors (Lipinski definition) is 0. The number of benzene rings is 1. The van der Waals surface area contributed by atoms with E-state index in [-0.39, 0.29) is 51.2 Å². The van der Waals surface area contributed by atoms with E-state index in [1.165, 1.54) is 4.90 Å². The second-order valence-electron chi connectivity index (χ2n) is 9.84. The van der Waals surface area contributed by atoms with Gasteiger partial charge in [0, 0.05) is 35.3 Å². The predicted octanol–water partition coefficient (Wildman–Crippen LogP) is 5.14. The fraction of sp³-hybridized carbons (Fsp3) is 0.385. The molecule has 2 aliphatic heterocycles. The van der Waals surface area contributed by atoms with Crippen molar-refractivity contribution in [2.45, 2.75) is 43.8 Å². The third-order valence-corrected chi connectivity index (χ3v) is 8.87. The Hall–Kier alpha value is -3.01. The Balaban J connectivity index is 1.28. The average Bonchev–Trinajstić information content (AvgIpc) is 3.67. The summed E-state index contributed by atoms with van der Waals surface area (Å²) in [5.41, 5.74) is -0.948. The van der Waals surface area contributed by atoms with Gasteiger partial charge in [-0.3, -0.25) is 19.6 Å². The van der Waals surface area contributed by atoms with Crippen LogP contribution in [-0.4, -0.2) is 45.9 Å². The SMILES string of the molecule is O=C1N(Cc2ncc3ccccc3c2Br)c2cnccc2C12CCN(C(=O)C1(C(F)(F)F)CC1)CC2. The van der Waals surface area contributed by atoms with Crippen molar-refractivity contribution in [2.24, 2.45) is 5.41 Å². The zero-order chi connectivity index (χ0) is 25.3. The van der Waals surface area contributed by atoms with Crippen molar-refractivity contribution in [1.29, 1.82) is 0 Å². The number of fused-ring (bicyclic) bond motifs is 3. The lowest BCUT2D eigenvalue weighted by molar-refractivity contribution is -0.199. The van der Waals surface area contributed by atoms with Crippen molar-refractivity contribution < 1.29 is 22.8 Å². The number of alkyl halides is 3. The van der Waals surface area contributed by atoms with Crippen LogP contribution in [0.5, 0.6) is 0 Å². The number of rotatable bonds is 3. The fourth-order valence-electron chi connectivity index (χ4n) is 5.70. The fourth-order valence-corrected chi connectivity index (χ4v) is 6.28. The molecule has 0 atom stereocenters. The van der Waals surface area contributed by atoms with Crippen LogP contribution in [0.1, 0.15) is 36.9 Å². The molecule has 2 fully saturated rings. The molecule has 2 aromatic heterocycles. The second-order valence-corrected chi connectivity index (χ2v) is 10.6. The summed E-state index contributed by atoms with van der Waals surface area (Å²) in [4.78, 5) is 38.5. The third kappa shape index (κ3) is 3.29. The Bertz CT molecular complexity index is 1400. The van der Waals surface area contributed by atoms with Gasteiger partial charge in [0.25, 0.3) is 0 Å². The number of aromatic nitrogens is 2. The Morgan fingerprint density at radius 1 is 1.06 bits per heavy atom. The van der Waals surface area contributed by atoms with Crippen LogP contribution in [0.25, 0.3) is 10.8 Å². The highest BCUT2D eigenvalue weighted by atomic mass is 79.9. The van der Waals surface area contributed by atoms with E-state index in [0.29, 0.717) is 11.4 Å². The molecule has 2 amide bonds. The van der Waals surface area contributed by atoms with Crippen molar-refractivity contribution in [3.8, 4) is 0 Å². The van der Waals surface area contributed by atoms with Crippen LogP contribution < -0.4 is 4.90 Å². The molecule has 10 heteroatoms. The van der Waals surface area contributed by atoms with E-state index < -0.39 is 22.9 Å². The highest BCUT2D eigenvalue weighted by Gasteiger charge is 2.69. The van der Waals surface area contributed by atoms with E-state index in [0.717, 1.165) is 20.8 Å². The van der Waals surface area contributed by atoms with Crippen LogP contribution in [0.2, 0.25) is 0 Å². The minimum Gasteiger partial charge on any atom is -0.342 e. The number of carbonyl (C=O) groups excluding carboxylic acids is 2. The standard InChI is InChI=1S/C26H22BrF3N4O2/c27-21-17-4-2-1-3-16(17)13-32-19(21)15-34-20-14-31-10-5-18(20)24(22(34)35)8-11-33(12-9-24)23(36)25(6-7-25)26(28,29)30/h1-5,10,13-14H,6-9,11-12,15H2. The van der Waals surface area contributed by atoms with E-state index in [1.54, 1.807) is 23.5 Å². The summed E-state index contributed by atoms with van der Waals surface area (Å²) in [5.74, 6) is -0.984. The first-order valence-electron chi connectivity index (χ1n) is 11.8. The lowest BCUT2D eigenvalue weighted by atomic mass is 9.73. The van der Waals surface area contributed by atoms with Crippen LogP contribution in [-0.2, 0) is 21.5 Å². The van der Waals surface area contributed by atoms with Gasteiger partial charge in [0.1, 0.15) is 5.41 Å². The van der Waals surface area contributed by atoms with E-state index in [9.17, 15) is 22.8 Å².